The van der Waals surface area contributed by atoms with Crippen LogP contribution in [0.2, 0.25) is 0 Å². The largest absolute Gasteiger partial charge is 0.475 e. The number of methoxy groups -OCH3 is 1. The summed E-state index contributed by atoms with van der Waals surface area (Å²) in [4.78, 5) is 8.91. The fourth-order valence-electron chi connectivity index (χ4n) is 2.88. The van der Waals surface area contributed by atoms with Crippen LogP contribution in [0.1, 0.15) is 52.0 Å². The van der Waals surface area contributed by atoms with E-state index in [1.54, 1.807) is 13.3 Å². The maximum atomic E-state index is 10.8. The monoisotopic (exact) mass is 380 g/mol. The summed E-state index contributed by atoms with van der Waals surface area (Å²) < 4.78 is 10.7. The van der Waals surface area contributed by atoms with E-state index < -0.39 is 5.60 Å². The predicted molar refractivity (Wildman–Crippen MR) is 109 cm³/mol. The zero-order valence-corrected chi connectivity index (χ0v) is 17.3. The molecular weight excluding hydrogens is 344 g/mol. The second kappa shape index (κ2) is 13.3. The molecule has 0 aliphatic carbocycles. The third kappa shape index (κ3) is 9.06. The molecule has 0 saturated heterocycles. The van der Waals surface area contributed by atoms with Crippen molar-refractivity contribution in [1.82, 2.24) is 15.6 Å². The second-order valence-corrected chi connectivity index (χ2v) is 6.58. The number of rotatable bonds is 13. The van der Waals surface area contributed by atoms with Crippen LogP contribution in [-0.4, -0.2) is 55.1 Å². The number of hydrogen-bond acceptors (Lipinski definition) is 5. The van der Waals surface area contributed by atoms with E-state index in [9.17, 15) is 5.11 Å². The number of nitrogens with one attached hydrogen (secondary N) is 2. The third-order valence-corrected chi connectivity index (χ3v) is 4.14. The lowest BCUT2D eigenvalue weighted by Crippen LogP contribution is -2.47. The highest BCUT2D eigenvalue weighted by molar-refractivity contribution is 5.79. The fourth-order valence-corrected chi connectivity index (χ4v) is 2.88. The molecule has 0 aliphatic rings. The maximum Gasteiger partial charge on any atom is 0.218 e. The molecule has 1 aromatic heterocycles. The van der Waals surface area contributed by atoms with E-state index >= 15 is 0 Å². The molecule has 7 heteroatoms. The Kier molecular flexibility index (Phi) is 11.4. The van der Waals surface area contributed by atoms with Gasteiger partial charge in [-0.3, -0.25) is 0 Å². The highest BCUT2D eigenvalue weighted by Crippen LogP contribution is 2.18. The van der Waals surface area contributed by atoms with E-state index in [4.69, 9.17) is 9.47 Å². The van der Waals surface area contributed by atoms with Gasteiger partial charge in [-0.15, -0.1) is 0 Å². The summed E-state index contributed by atoms with van der Waals surface area (Å²) in [6.45, 7) is 8.82. The zero-order valence-electron chi connectivity index (χ0n) is 17.3. The minimum absolute atomic E-state index is 0.436. The lowest BCUT2D eigenvalue weighted by Gasteiger charge is -2.28. The van der Waals surface area contributed by atoms with Crippen LogP contribution in [0.3, 0.4) is 0 Å². The molecule has 1 heterocycles. The minimum Gasteiger partial charge on any atom is -0.475 e. The van der Waals surface area contributed by atoms with Crippen molar-refractivity contribution < 1.29 is 14.6 Å². The number of guanidine groups is 1. The molecule has 0 aromatic carbocycles. The molecule has 7 nitrogen and oxygen atoms in total. The van der Waals surface area contributed by atoms with Gasteiger partial charge in [-0.05, 0) is 25.8 Å². The summed E-state index contributed by atoms with van der Waals surface area (Å²) in [6, 6.07) is 3.82. The van der Waals surface area contributed by atoms with Crippen molar-refractivity contribution in [3.63, 3.8) is 0 Å². The van der Waals surface area contributed by atoms with Crippen LogP contribution in [0, 0.1) is 0 Å². The summed E-state index contributed by atoms with van der Waals surface area (Å²) in [5.74, 6) is 1.25. The van der Waals surface area contributed by atoms with E-state index in [0.29, 0.717) is 38.1 Å². The van der Waals surface area contributed by atoms with E-state index in [0.717, 1.165) is 37.8 Å². The number of aliphatic imine (C=N–C) groups is 1. The van der Waals surface area contributed by atoms with Gasteiger partial charge in [0.2, 0.25) is 5.88 Å². The van der Waals surface area contributed by atoms with Gasteiger partial charge >= 0.3 is 0 Å². The Labute approximate surface area is 163 Å². The van der Waals surface area contributed by atoms with E-state index in [2.05, 4.69) is 34.5 Å². The van der Waals surface area contributed by atoms with Crippen molar-refractivity contribution in [3.05, 3.63) is 23.9 Å². The highest BCUT2D eigenvalue weighted by atomic mass is 16.5. The molecular formula is C20H36N4O3. The lowest BCUT2D eigenvalue weighted by atomic mass is 9.93. The molecule has 0 spiro atoms. The van der Waals surface area contributed by atoms with E-state index in [1.165, 1.54) is 0 Å². The first kappa shape index (κ1) is 23.2. The topological polar surface area (TPSA) is 88.0 Å². The van der Waals surface area contributed by atoms with Gasteiger partial charge in [-0.1, -0.05) is 32.8 Å². The number of pyridine rings is 1. The molecule has 0 radical (unpaired) electrons. The molecule has 0 amide bonds. The number of ether oxygens (including phenoxy) is 2. The number of aliphatic hydroxyl groups is 1. The van der Waals surface area contributed by atoms with Gasteiger partial charge in [-0.25, -0.2) is 9.98 Å². The van der Waals surface area contributed by atoms with Crippen molar-refractivity contribution in [2.45, 2.75) is 58.6 Å². The normalized spacial score (nSPS) is 12.1. The Bertz CT molecular complexity index is 546. The summed E-state index contributed by atoms with van der Waals surface area (Å²) >= 11 is 0. The number of nitrogens with zero attached hydrogens (tertiary/aromatic N) is 2. The van der Waals surface area contributed by atoms with Crippen LogP contribution >= 0.6 is 0 Å². The molecule has 1 aromatic rings. The van der Waals surface area contributed by atoms with Crippen LogP contribution in [-0.2, 0) is 11.3 Å². The molecule has 3 N–H and O–H groups in total. The van der Waals surface area contributed by atoms with Gasteiger partial charge in [0.1, 0.15) is 6.61 Å². The SMILES string of the molecule is CCCC(O)(CCC)CNC(=NCc1cccnc1OCCOC)NCC. The molecule has 0 saturated carbocycles. The lowest BCUT2D eigenvalue weighted by molar-refractivity contribution is 0.0257. The summed E-state index contributed by atoms with van der Waals surface area (Å²) in [7, 11) is 1.64. The second-order valence-electron chi connectivity index (χ2n) is 6.58. The molecule has 0 fully saturated rings. The third-order valence-electron chi connectivity index (χ3n) is 4.14. The summed E-state index contributed by atoms with van der Waals surface area (Å²) in [5.41, 5.74) is 0.200. The van der Waals surface area contributed by atoms with Crippen molar-refractivity contribution >= 4 is 5.96 Å². The minimum atomic E-state index is -0.706. The van der Waals surface area contributed by atoms with Crippen molar-refractivity contribution in [2.75, 3.05) is 33.4 Å². The first-order valence-corrected chi connectivity index (χ1v) is 9.88. The first-order valence-electron chi connectivity index (χ1n) is 9.88. The van der Waals surface area contributed by atoms with Gasteiger partial charge in [0, 0.05) is 32.0 Å². The van der Waals surface area contributed by atoms with Gasteiger partial charge in [0.25, 0.3) is 0 Å². The number of aromatic nitrogens is 1. The Hall–Kier alpha value is -1.86. The molecule has 0 unspecified atom stereocenters. The molecule has 1 rings (SSSR count). The quantitative estimate of drug-likeness (QED) is 0.277. The van der Waals surface area contributed by atoms with Gasteiger partial charge in [0.15, 0.2) is 5.96 Å². The molecule has 27 heavy (non-hydrogen) atoms. The molecule has 0 aliphatic heterocycles. The van der Waals surface area contributed by atoms with Gasteiger partial charge in [-0.2, -0.15) is 0 Å². The van der Waals surface area contributed by atoms with Crippen LogP contribution in [0.4, 0.5) is 0 Å². The predicted octanol–water partition coefficient (Wildman–Crippen LogP) is 2.49. The van der Waals surface area contributed by atoms with Crippen LogP contribution in [0.5, 0.6) is 5.88 Å². The Morgan fingerprint density at radius 2 is 1.93 bits per heavy atom. The Morgan fingerprint density at radius 3 is 2.56 bits per heavy atom. The average Bonchev–Trinajstić information content (AvgIpc) is 2.65. The summed E-state index contributed by atoms with van der Waals surface area (Å²) in [6.07, 6.45) is 5.14. The van der Waals surface area contributed by atoms with Crippen molar-refractivity contribution in [2.24, 2.45) is 4.99 Å². The molecule has 0 atom stereocenters. The molecule has 0 bridgehead atoms. The van der Waals surface area contributed by atoms with Crippen LogP contribution in [0.15, 0.2) is 23.3 Å². The van der Waals surface area contributed by atoms with Crippen molar-refractivity contribution in [3.8, 4) is 5.88 Å². The zero-order chi connectivity index (χ0) is 20.0. The smallest absolute Gasteiger partial charge is 0.218 e. The molecule has 154 valence electrons. The van der Waals surface area contributed by atoms with Crippen LogP contribution < -0.4 is 15.4 Å². The average molecular weight is 381 g/mol. The van der Waals surface area contributed by atoms with Crippen LogP contribution in [0.25, 0.3) is 0 Å². The first-order chi connectivity index (χ1) is 13.1. The van der Waals surface area contributed by atoms with E-state index in [1.807, 2.05) is 19.1 Å². The number of hydrogen-bond donors (Lipinski definition) is 3. The summed E-state index contributed by atoms with van der Waals surface area (Å²) in [5, 5.41) is 17.3. The maximum absolute atomic E-state index is 10.8. The van der Waals surface area contributed by atoms with Gasteiger partial charge in [0.05, 0.1) is 18.8 Å². The van der Waals surface area contributed by atoms with Gasteiger partial charge < -0.3 is 25.2 Å². The fraction of sp³-hybridized carbons (Fsp3) is 0.700. The highest BCUT2D eigenvalue weighted by Gasteiger charge is 2.24. The van der Waals surface area contributed by atoms with Crippen molar-refractivity contribution in [1.29, 1.82) is 0 Å². The Morgan fingerprint density at radius 1 is 1.19 bits per heavy atom. The standard InChI is InChI=1S/C20H36N4O3/c1-5-10-20(25,11-6-2)16-24-19(21-7-3)23-15-17-9-8-12-22-18(17)27-14-13-26-4/h8-9,12,25H,5-7,10-11,13-16H2,1-4H3,(H2,21,23,24). The van der Waals surface area contributed by atoms with E-state index in [-0.39, 0.29) is 0 Å². The Balaban J connectivity index is 2.76.